The van der Waals surface area contributed by atoms with Crippen LogP contribution in [0.2, 0.25) is 0 Å². The van der Waals surface area contributed by atoms with Crippen molar-refractivity contribution in [1.82, 2.24) is 4.72 Å². The largest absolute Gasteiger partial charge is 0.478 e. The molecule has 3 rings (SSSR count). The maximum absolute atomic E-state index is 13.6. The molecule has 9 nitrogen and oxygen atoms in total. The predicted molar refractivity (Wildman–Crippen MR) is 106 cm³/mol. The Labute approximate surface area is 173 Å². The zero-order valence-corrected chi connectivity index (χ0v) is 17.3. The number of benzene rings is 2. The summed E-state index contributed by atoms with van der Waals surface area (Å²) in [4.78, 5) is 20.9. The summed E-state index contributed by atoms with van der Waals surface area (Å²) in [6.45, 7) is 0. The van der Waals surface area contributed by atoms with Gasteiger partial charge in [-0.1, -0.05) is 0 Å². The van der Waals surface area contributed by atoms with Crippen LogP contribution in [-0.2, 0) is 14.6 Å². The Morgan fingerprint density at radius 3 is 2.63 bits per heavy atom. The molecule has 1 unspecified atom stereocenters. The van der Waals surface area contributed by atoms with Crippen molar-refractivity contribution in [3.8, 4) is 11.8 Å². The highest BCUT2D eigenvalue weighted by molar-refractivity contribution is 7.92. The van der Waals surface area contributed by atoms with Gasteiger partial charge in [-0.05, 0) is 41.8 Å². The molecule has 0 saturated heterocycles. The van der Waals surface area contributed by atoms with E-state index < -0.39 is 35.7 Å². The van der Waals surface area contributed by atoms with Crippen LogP contribution >= 0.6 is 18.9 Å². The average Bonchev–Trinajstić information content (AvgIpc) is 3.11. The molecule has 0 amide bonds. The van der Waals surface area contributed by atoms with E-state index in [1.165, 1.54) is 24.3 Å². The molecule has 1 atom stereocenters. The molecule has 0 aliphatic rings. The Balaban J connectivity index is 1.75. The molecule has 0 radical (unpaired) electrons. The van der Waals surface area contributed by atoms with Crippen LogP contribution in [0.15, 0.2) is 46.7 Å². The normalized spacial score (nSPS) is 13.5. The molecule has 0 spiro atoms. The van der Waals surface area contributed by atoms with Crippen molar-refractivity contribution in [2.24, 2.45) is 0 Å². The molecule has 1 heterocycles. The number of nitrogens with one attached hydrogen (secondary N) is 1. The number of hydrogen-bond donors (Lipinski definition) is 3. The number of nitriles is 1. The van der Waals surface area contributed by atoms with Gasteiger partial charge in [0.25, 0.3) is 10.0 Å². The number of hydrogen-bond acceptors (Lipinski definition) is 7. The fraction of sp³-hybridized carbons (Fsp3) is 0.0588. The maximum Gasteiger partial charge on any atom is 0.391 e. The van der Waals surface area contributed by atoms with Gasteiger partial charge in [-0.2, -0.15) is 9.98 Å². The second-order valence-electron chi connectivity index (χ2n) is 5.91. The fourth-order valence-corrected chi connectivity index (χ4v) is 6.29. The van der Waals surface area contributed by atoms with E-state index in [1.807, 2.05) is 4.72 Å². The minimum atomic E-state index is -4.54. The highest BCUT2D eigenvalue weighted by Crippen LogP contribution is 2.42. The van der Waals surface area contributed by atoms with E-state index in [0.717, 1.165) is 29.5 Å². The summed E-state index contributed by atoms with van der Waals surface area (Å²) < 4.78 is 57.7. The summed E-state index contributed by atoms with van der Waals surface area (Å²) in [5, 5.41) is 18.1. The number of thiophene rings is 1. The highest BCUT2D eigenvalue weighted by Gasteiger charge is 2.27. The van der Waals surface area contributed by atoms with Crippen molar-refractivity contribution in [2.75, 3.05) is 6.29 Å². The zero-order chi connectivity index (χ0) is 22.1. The molecule has 0 aliphatic heterocycles. The Morgan fingerprint density at radius 1 is 1.27 bits per heavy atom. The molecule has 0 fully saturated rings. The van der Waals surface area contributed by atoms with Gasteiger partial charge < -0.3 is 14.5 Å². The number of sulfonamides is 1. The lowest BCUT2D eigenvalue weighted by molar-refractivity contribution is 0.0697. The number of aromatic carboxylic acids is 1. The second-order valence-corrected chi connectivity index (χ2v) is 10.8. The minimum absolute atomic E-state index is 0.0138. The van der Waals surface area contributed by atoms with E-state index in [-0.39, 0.29) is 21.1 Å². The standard InChI is InChI=1S/C17H12FN2O7PS2/c18-14-7-13(3-1-11(14)8-19)27-28(23,24)9-20-30(25,26)16-6-12-5-10(17(21)22)2-4-15(12)29-16/h1-7,20H,9H2,(H,21,22)(H,23,24). The van der Waals surface area contributed by atoms with Crippen LogP contribution in [-0.4, -0.2) is 30.7 Å². The van der Waals surface area contributed by atoms with Gasteiger partial charge in [0.05, 0.1) is 11.1 Å². The van der Waals surface area contributed by atoms with Gasteiger partial charge in [0.2, 0.25) is 0 Å². The third-order valence-electron chi connectivity index (χ3n) is 3.77. The minimum Gasteiger partial charge on any atom is -0.478 e. The number of carboxylic acid groups (broad SMARTS) is 1. The molecule has 0 bridgehead atoms. The van der Waals surface area contributed by atoms with Crippen molar-refractivity contribution in [2.45, 2.75) is 4.21 Å². The van der Waals surface area contributed by atoms with Crippen molar-refractivity contribution < 1.29 is 36.7 Å². The Morgan fingerprint density at radius 2 is 2.00 bits per heavy atom. The van der Waals surface area contributed by atoms with Crippen LogP contribution in [0, 0.1) is 17.1 Å². The van der Waals surface area contributed by atoms with Crippen LogP contribution in [0.4, 0.5) is 4.39 Å². The summed E-state index contributed by atoms with van der Waals surface area (Å²) in [5.41, 5.74) is -0.299. The average molecular weight is 470 g/mol. The van der Waals surface area contributed by atoms with Crippen molar-refractivity contribution >= 4 is 45.0 Å². The van der Waals surface area contributed by atoms with E-state index in [9.17, 15) is 27.1 Å². The zero-order valence-electron chi connectivity index (χ0n) is 14.8. The molecule has 2 aromatic carbocycles. The van der Waals surface area contributed by atoms with E-state index in [0.29, 0.717) is 10.1 Å². The van der Waals surface area contributed by atoms with Gasteiger partial charge in [-0.15, -0.1) is 11.3 Å². The summed E-state index contributed by atoms with van der Waals surface area (Å²) >= 11 is 0.849. The number of carboxylic acids is 1. The SMILES string of the molecule is N#Cc1ccc(OP(=O)(O)CNS(=O)(=O)c2cc3cc(C(=O)O)ccc3s2)cc1F. The Bertz CT molecular complexity index is 1350. The van der Waals surface area contributed by atoms with E-state index >= 15 is 0 Å². The van der Waals surface area contributed by atoms with Gasteiger partial charge in [0.1, 0.15) is 28.1 Å². The number of fused-ring (bicyclic) bond motifs is 1. The summed E-state index contributed by atoms with van der Waals surface area (Å²) in [7, 11) is -8.75. The van der Waals surface area contributed by atoms with Gasteiger partial charge in [0, 0.05) is 10.8 Å². The molecule has 1 aromatic heterocycles. The first kappa shape index (κ1) is 21.9. The van der Waals surface area contributed by atoms with Gasteiger partial charge in [0.15, 0.2) is 0 Å². The lowest BCUT2D eigenvalue weighted by Gasteiger charge is -2.14. The Hall–Kier alpha value is -2.81. The third-order valence-corrected chi connectivity index (χ3v) is 8.03. The van der Waals surface area contributed by atoms with Crippen molar-refractivity contribution in [1.29, 1.82) is 5.26 Å². The molecule has 156 valence electrons. The number of carbonyl (C=O) groups is 1. The van der Waals surface area contributed by atoms with Crippen LogP contribution < -0.4 is 9.25 Å². The van der Waals surface area contributed by atoms with E-state index in [4.69, 9.17) is 14.9 Å². The summed E-state index contributed by atoms with van der Waals surface area (Å²) in [6.07, 6.45) is -0.994. The highest BCUT2D eigenvalue weighted by atomic mass is 32.2. The predicted octanol–water partition coefficient (Wildman–Crippen LogP) is 3.11. The summed E-state index contributed by atoms with van der Waals surface area (Å²) in [5.74, 6) is -2.47. The molecule has 0 aliphatic carbocycles. The van der Waals surface area contributed by atoms with Crippen LogP contribution in [0.1, 0.15) is 15.9 Å². The smallest absolute Gasteiger partial charge is 0.391 e. The second kappa shape index (κ2) is 8.14. The van der Waals surface area contributed by atoms with Crippen molar-refractivity contribution in [3.63, 3.8) is 0 Å². The molecule has 13 heteroatoms. The molecule has 0 saturated carbocycles. The van der Waals surface area contributed by atoms with E-state index in [2.05, 4.69) is 0 Å². The third kappa shape index (κ3) is 4.84. The Kier molecular flexibility index (Phi) is 5.94. The first-order valence-corrected chi connectivity index (χ1v) is 12.0. The van der Waals surface area contributed by atoms with Crippen molar-refractivity contribution in [3.05, 3.63) is 59.4 Å². The van der Waals surface area contributed by atoms with Gasteiger partial charge in [-0.3, -0.25) is 0 Å². The molecule has 3 aromatic rings. The molecule has 3 N–H and O–H groups in total. The molecular formula is C17H12FN2O7PS2. The van der Waals surface area contributed by atoms with E-state index in [1.54, 1.807) is 6.07 Å². The van der Waals surface area contributed by atoms with Gasteiger partial charge >= 0.3 is 13.6 Å². The summed E-state index contributed by atoms with van der Waals surface area (Å²) in [6, 6.07) is 9.82. The molecular weight excluding hydrogens is 458 g/mol. The maximum atomic E-state index is 13.6. The first-order chi connectivity index (χ1) is 14.0. The number of rotatable bonds is 7. The number of nitrogens with zero attached hydrogens (tertiary/aromatic N) is 1. The topological polar surface area (TPSA) is 154 Å². The molecule has 30 heavy (non-hydrogen) atoms. The number of halogens is 1. The lowest BCUT2D eigenvalue weighted by Crippen LogP contribution is -2.25. The van der Waals surface area contributed by atoms with Crippen LogP contribution in [0.3, 0.4) is 0 Å². The first-order valence-electron chi connectivity index (χ1n) is 7.98. The van der Waals surface area contributed by atoms with Crippen LogP contribution in [0.25, 0.3) is 10.1 Å². The van der Waals surface area contributed by atoms with Crippen LogP contribution in [0.5, 0.6) is 5.75 Å². The van der Waals surface area contributed by atoms with Gasteiger partial charge in [-0.25, -0.2) is 22.2 Å². The monoisotopic (exact) mass is 470 g/mol. The quantitative estimate of drug-likeness (QED) is 0.445. The lowest BCUT2D eigenvalue weighted by atomic mass is 10.2. The fourth-order valence-electron chi connectivity index (χ4n) is 2.36.